The molecule has 26 heavy (non-hydrogen) atoms. The first-order valence-corrected chi connectivity index (χ1v) is 8.12. The molecule has 130 valence electrons. The van der Waals surface area contributed by atoms with E-state index in [1.165, 1.54) is 0 Å². The normalized spacial score (nSPS) is 10.8. The zero-order chi connectivity index (χ0) is 18.1. The molecule has 4 aromatic rings. The summed E-state index contributed by atoms with van der Waals surface area (Å²) < 4.78 is 4.67. The Labute approximate surface area is 156 Å². The molecule has 0 atom stereocenters. The molecule has 0 saturated heterocycles. The first-order chi connectivity index (χ1) is 12.6. The quantitative estimate of drug-likeness (QED) is 0.468. The number of aromatic hydroxyl groups is 1. The van der Waals surface area contributed by atoms with Crippen LogP contribution in [0.5, 0.6) is 5.75 Å². The molecule has 2 heterocycles. The topological polar surface area (TPSA) is 109 Å². The maximum Gasteiger partial charge on any atom is 0.245 e. The molecule has 4 rings (SSSR count). The first kappa shape index (κ1) is 16.4. The number of fused-ring (bicyclic) bond motifs is 1. The fourth-order valence-electron chi connectivity index (χ4n) is 2.25. The van der Waals surface area contributed by atoms with Crippen molar-refractivity contribution in [3.63, 3.8) is 0 Å². The summed E-state index contributed by atoms with van der Waals surface area (Å²) in [6.45, 7) is 0. The number of phenols is 1. The van der Waals surface area contributed by atoms with Crippen molar-refractivity contribution >= 4 is 57.5 Å². The number of aromatic nitrogens is 4. The average Bonchev–Trinajstić information content (AvgIpc) is 3.05. The van der Waals surface area contributed by atoms with Gasteiger partial charge in [-0.1, -0.05) is 29.3 Å². The molecule has 0 aliphatic carbocycles. The Morgan fingerprint density at radius 1 is 0.885 bits per heavy atom. The number of hydrogen-bond acceptors (Lipinski definition) is 8. The van der Waals surface area contributed by atoms with Gasteiger partial charge in [0.15, 0.2) is 11.6 Å². The second-order valence-corrected chi connectivity index (χ2v) is 6.10. The second-order valence-electron chi connectivity index (χ2n) is 5.26. The zero-order valence-electron chi connectivity index (χ0n) is 12.9. The van der Waals surface area contributed by atoms with Crippen molar-refractivity contribution in [2.45, 2.75) is 0 Å². The number of hydrogen-bond donors (Lipinski definition) is 3. The Hall–Kier alpha value is -3.10. The van der Waals surface area contributed by atoms with E-state index in [-0.39, 0.29) is 17.0 Å². The molecule has 0 radical (unpaired) electrons. The third-order valence-electron chi connectivity index (χ3n) is 3.40. The molecular weight excluding hydrogens is 379 g/mol. The Bertz CT molecular complexity index is 1100. The first-order valence-electron chi connectivity index (χ1n) is 7.37. The van der Waals surface area contributed by atoms with Crippen molar-refractivity contribution in [1.29, 1.82) is 0 Å². The summed E-state index contributed by atoms with van der Waals surface area (Å²) in [5.41, 5.74) is 1.61. The van der Waals surface area contributed by atoms with Gasteiger partial charge in [-0.25, -0.2) is 14.6 Å². The van der Waals surface area contributed by atoms with Gasteiger partial charge >= 0.3 is 0 Å². The summed E-state index contributed by atoms with van der Waals surface area (Å²) >= 11 is 12.2. The number of rotatable bonds is 4. The SMILES string of the molecule is Oc1cccc(Nc2nc3nonc3nc2Nc2cc(Cl)ccc2Cl)c1. The van der Waals surface area contributed by atoms with Gasteiger partial charge in [-0.3, -0.25) is 0 Å². The van der Waals surface area contributed by atoms with Gasteiger partial charge in [0.2, 0.25) is 11.3 Å². The van der Waals surface area contributed by atoms with E-state index >= 15 is 0 Å². The van der Waals surface area contributed by atoms with E-state index in [2.05, 4.69) is 35.5 Å². The zero-order valence-corrected chi connectivity index (χ0v) is 14.5. The minimum Gasteiger partial charge on any atom is -0.508 e. The molecule has 0 spiro atoms. The minimum absolute atomic E-state index is 0.111. The number of phenolic OH excluding ortho intramolecular Hbond substituents is 1. The molecule has 0 aliphatic rings. The molecule has 3 N–H and O–H groups in total. The van der Waals surface area contributed by atoms with E-state index in [0.29, 0.717) is 33.1 Å². The van der Waals surface area contributed by atoms with Crippen LogP contribution in [-0.4, -0.2) is 25.4 Å². The lowest BCUT2D eigenvalue weighted by atomic mass is 10.3. The van der Waals surface area contributed by atoms with Crippen molar-refractivity contribution in [3.05, 3.63) is 52.5 Å². The Balaban J connectivity index is 1.77. The molecule has 8 nitrogen and oxygen atoms in total. The molecule has 0 saturated carbocycles. The Kier molecular flexibility index (Phi) is 4.19. The predicted octanol–water partition coefficient (Wildman–Crippen LogP) is 4.51. The fourth-order valence-corrected chi connectivity index (χ4v) is 2.59. The van der Waals surface area contributed by atoms with Crippen LogP contribution in [-0.2, 0) is 0 Å². The highest BCUT2D eigenvalue weighted by Gasteiger charge is 2.15. The second kappa shape index (κ2) is 6.66. The molecule has 2 aromatic carbocycles. The molecular formula is C16H10Cl2N6O2. The summed E-state index contributed by atoms with van der Waals surface area (Å²) in [7, 11) is 0. The smallest absolute Gasteiger partial charge is 0.245 e. The van der Waals surface area contributed by atoms with E-state index in [9.17, 15) is 5.11 Å². The highest BCUT2D eigenvalue weighted by molar-refractivity contribution is 6.35. The van der Waals surface area contributed by atoms with Gasteiger partial charge in [-0.15, -0.1) is 0 Å². The van der Waals surface area contributed by atoms with Gasteiger partial charge in [0.25, 0.3) is 0 Å². The maximum absolute atomic E-state index is 9.64. The number of halogens is 2. The standard InChI is InChI=1S/C16H10Cl2N6O2/c17-8-4-5-11(18)12(6-8)20-14-13(19-9-2-1-3-10(25)7-9)21-15-16(22-14)24-26-23-15/h1-7,25H,(H,19,21,23)(H,20,22,24). The highest BCUT2D eigenvalue weighted by Crippen LogP contribution is 2.32. The van der Waals surface area contributed by atoms with E-state index < -0.39 is 0 Å². The van der Waals surface area contributed by atoms with Crippen LogP contribution in [0.4, 0.5) is 23.0 Å². The van der Waals surface area contributed by atoms with Crippen LogP contribution < -0.4 is 10.6 Å². The maximum atomic E-state index is 9.64. The molecule has 0 unspecified atom stereocenters. The lowest BCUT2D eigenvalue weighted by Gasteiger charge is -2.13. The van der Waals surface area contributed by atoms with Crippen molar-refractivity contribution < 1.29 is 9.74 Å². The van der Waals surface area contributed by atoms with Crippen LogP contribution >= 0.6 is 23.2 Å². The van der Waals surface area contributed by atoms with Gasteiger partial charge in [0, 0.05) is 16.8 Å². The lowest BCUT2D eigenvalue weighted by molar-refractivity contribution is 0.314. The van der Waals surface area contributed by atoms with Crippen LogP contribution in [0.25, 0.3) is 11.3 Å². The van der Waals surface area contributed by atoms with E-state index in [0.717, 1.165) is 0 Å². The molecule has 0 aliphatic heterocycles. The molecule has 2 aromatic heterocycles. The summed E-state index contributed by atoms with van der Waals surface area (Å²) in [5, 5.41) is 24.1. The minimum atomic E-state index is 0.111. The van der Waals surface area contributed by atoms with Crippen LogP contribution in [0.1, 0.15) is 0 Å². The largest absolute Gasteiger partial charge is 0.508 e. The van der Waals surface area contributed by atoms with Crippen molar-refractivity contribution in [2.24, 2.45) is 0 Å². The van der Waals surface area contributed by atoms with Gasteiger partial charge in [0.1, 0.15) is 5.75 Å². The third kappa shape index (κ3) is 3.32. The number of nitrogens with zero attached hydrogens (tertiary/aromatic N) is 4. The summed E-state index contributed by atoms with van der Waals surface area (Å²) in [6, 6.07) is 11.6. The van der Waals surface area contributed by atoms with E-state index in [1.54, 1.807) is 42.5 Å². The summed E-state index contributed by atoms with van der Waals surface area (Å²) in [4.78, 5) is 8.70. The lowest BCUT2D eigenvalue weighted by Crippen LogP contribution is -2.03. The number of benzene rings is 2. The summed E-state index contributed by atoms with van der Waals surface area (Å²) in [6.07, 6.45) is 0. The molecule has 0 bridgehead atoms. The number of anilines is 4. The Morgan fingerprint density at radius 2 is 1.62 bits per heavy atom. The highest BCUT2D eigenvalue weighted by atomic mass is 35.5. The summed E-state index contributed by atoms with van der Waals surface area (Å²) in [5.74, 6) is 0.787. The average molecular weight is 389 g/mol. The monoisotopic (exact) mass is 388 g/mol. The van der Waals surface area contributed by atoms with Crippen LogP contribution in [0.3, 0.4) is 0 Å². The van der Waals surface area contributed by atoms with E-state index in [4.69, 9.17) is 23.2 Å². The van der Waals surface area contributed by atoms with Gasteiger partial charge in [-0.2, -0.15) is 0 Å². The van der Waals surface area contributed by atoms with Crippen LogP contribution in [0.2, 0.25) is 10.0 Å². The molecule has 0 fully saturated rings. The van der Waals surface area contributed by atoms with Gasteiger partial charge < -0.3 is 15.7 Å². The van der Waals surface area contributed by atoms with E-state index in [1.807, 2.05) is 0 Å². The number of nitrogens with one attached hydrogen (secondary N) is 2. The van der Waals surface area contributed by atoms with Crippen molar-refractivity contribution in [1.82, 2.24) is 20.3 Å². The third-order valence-corrected chi connectivity index (χ3v) is 3.97. The Morgan fingerprint density at radius 3 is 2.35 bits per heavy atom. The predicted molar refractivity (Wildman–Crippen MR) is 98.5 cm³/mol. The van der Waals surface area contributed by atoms with Gasteiger partial charge in [0.05, 0.1) is 10.7 Å². The molecule has 10 heteroatoms. The van der Waals surface area contributed by atoms with Crippen LogP contribution in [0.15, 0.2) is 47.1 Å². The van der Waals surface area contributed by atoms with Crippen molar-refractivity contribution in [3.8, 4) is 5.75 Å². The van der Waals surface area contributed by atoms with Crippen molar-refractivity contribution in [2.75, 3.05) is 10.6 Å². The van der Waals surface area contributed by atoms with Crippen LogP contribution in [0, 0.1) is 0 Å². The molecule has 0 amide bonds. The van der Waals surface area contributed by atoms with Gasteiger partial charge in [-0.05, 0) is 40.6 Å². The fraction of sp³-hybridized carbons (Fsp3) is 0.